The number of rotatable bonds is 6. The van der Waals surface area contributed by atoms with Crippen LogP contribution < -0.4 is 10.6 Å². The number of aryl methyl sites for hydroxylation is 1. The van der Waals surface area contributed by atoms with Gasteiger partial charge in [-0.3, -0.25) is 0 Å². The van der Waals surface area contributed by atoms with Crippen molar-refractivity contribution in [2.24, 2.45) is 0 Å². The molecule has 126 valence electrons. The largest absolute Gasteiger partial charge is 0.392 e. The van der Waals surface area contributed by atoms with Crippen LogP contribution in [0.15, 0.2) is 30.6 Å². The lowest BCUT2D eigenvalue weighted by Crippen LogP contribution is -2.17. The fourth-order valence-electron chi connectivity index (χ4n) is 2.28. The molecule has 2 aromatic heterocycles. The van der Waals surface area contributed by atoms with Crippen molar-refractivity contribution in [3.8, 4) is 0 Å². The summed E-state index contributed by atoms with van der Waals surface area (Å²) in [6, 6.07) is 7.39. The third-order valence-electron chi connectivity index (χ3n) is 3.45. The summed E-state index contributed by atoms with van der Waals surface area (Å²) in [6.45, 7) is 4.84. The van der Waals surface area contributed by atoms with Crippen LogP contribution in [0.25, 0.3) is 11.2 Å². The number of nitrogens with zero attached hydrogens (tertiary/aromatic N) is 4. The van der Waals surface area contributed by atoms with Gasteiger partial charge >= 0.3 is 0 Å². The summed E-state index contributed by atoms with van der Waals surface area (Å²) in [5, 5.41) is 16.4. The molecule has 0 bridgehead atoms. The Hall–Kier alpha value is -2.38. The van der Waals surface area contributed by atoms with E-state index in [0.29, 0.717) is 28.9 Å². The van der Waals surface area contributed by atoms with E-state index >= 15 is 0 Å². The van der Waals surface area contributed by atoms with Crippen molar-refractivity contribution in [3.05, 3.63) is 35.6 Å². The Bertz CT molecular complexity index is 848. The topological polar surface area (TPSA) is 87.9 Å². The Morgan fingerprint density at radius 1 is 1.33 bits per heavy atom. The number of benzene rings is 1. The predicted octanol–water partition coefficient (Wildman–Crippen LogP) is 3.04. The van der Waals surface area contributed by atoms with E-state index in [9.17, 15) is 5.11 Å². The van der Waals surface area contributed by atoms with Gasteiger partial charge in [-0.2, -0.15) is 9.97 Å². The Balaban J connectivity index is 2.02. The summed E-state index contributed by atoms with van der Waals surface area (Å²) < 4.78 is 1.94. The second-order valence-corrected chi connectivity index (χ2v) is 5.90. The van der Waals surface area contributed by atoms with Crippen molar-refractivity contribution in [2.75, 3.05) is 17.2 Å². The van der Waals surface area contributed by atoms with Gasteiger partial charge in [0.25, 0.3) is 0 Å². The van der Waals surface area contributed by atoms with Crippen LogP contribution >= 0.6 is 11.6 Å². The Morgan fingerprint density at radius 3 is 2.88 bits per heavy atom. The molecular weight excluding hydrogens is 328 g/mol. The Labute approximate surface area is 144 Å². The van der Waals surface area contributed by atoms with Crippen LogP contribution in [0.1, 0.15) is 13.8 Å². The number of aliphatic hydroxyl groups is 1. The molecule has 0 radical (unpaired) electrons. The number of anilines is 3. The van der Waals surface area contributed by atoms with Gasteiger partial charge in [0.05, 0.1) is 12.4 Å². The van der Waals surface area contributed by atoms with Gasteiger partial charge in [-0.25, -0.2) is 4.98 Å². The molecule has 0 fully saturated rings. The molecular formula is C16H19ClN6O. The third kappa shape index (κ3) is 3.58. The molecule has 0 saturated carbocycles. The van der Waals surface area contributed by atoms with E-state index < -0.39 is 6.10 Å². The van der Waals surface area contributed by atoms with Gasteiger partial charge in [0, 0.05) is 23.8 Å². The molecule has 0 saturated heterocycles. The first-order valence-electron chi connectivity index (χ1n) is 7.74. The summed E-state index contributed by atoms with van der Waals surface area (Å²) in [5.41, 5.74) is 2.22. The molecule has 8 heteroatoms. The molecule has 3 aromatic rings. The van der Waals surface area contributed by atoms with Crippen LogP contribution in [-0.4, -0.2) is 37.3 Å². The van der Waals surface area contributed by atoms with Crippen LogP contribution in [0.2, 0.25) is 5.02 Å². The lowest BCUT2D eigenvalue weighted by Gasteiger charge is -2.11. The summed E-state index contributed by atoms with van der Waals surface area (Å²) in [5.74, 6) is 1.02. The number of halogens is 1. The first kappa shape index (κ1) is 16.5. The predicted molar refractivity (Wildman–Crippen MR) is 95.9 cm³/mol. The first-order chi connectivity index (χ1) is 11.6. The van der Waals surface area contributed by atoms with Crippen LogP contribution in [0.5, 0.6) is 0 Å². The van der Waals surface area contributed by atoms with E-state index in [1.54, 1.807) is 13.3 Å². The molecule has 3 N–H and O–H groups in total. The van der Waals surface area contributed by atoms with E-state index in [1.807, 2.05) is 35.8 Å². The molecule has 7 nitrogen and oxygen atoms in total. The van der Waals surface area contributed by atoms with Gasteiger partial charge in [0.15, 0.2) is 17.0 Å². The standard InChI is InChI=1S/C16H19ClN6O/c1-3-23-9-19-13-14(20-12-6-4-5-11(17)7-12)21-16(22-15(13)23)18-8-10(2)24/h4-7,9-10,24H,3,8H2,1-2H3,(H2,18,20,21,22)/t10-/m1/s1. The van der Waals surface area contributed by atoms with E-state index in [2.05, 4.69) is 25.6 Å². The zero-order chi connectivity index (χ0) is 17.1. The maximum Gasteiger partial charge on any atom is 0.226 e. The highest BCUT2D eigenvalue weighted by atomic mass is 35.5. The molecule has 1 atom stereocenters. The van der Waals surface area contributed by atoms with Crippen molar-refractivity contribution in [2.45, 2.75) is 26.5 Å². The van der Waals surface area contributed by atoms with Crippen LogP contribution in [-0.2, 0) is 6.54 Å². The fraction of sp³-hybridized carbons (Fsp3) is 0.312. The average molecular weight is 347 g/mol. The molecule has 3 rings (SSSR count). The maximum atomic E-state index is 9.46. The molecule has 1 aromatic carbocycles. The van der Waals surface area contributed by atoms with Crippen LogP contribution in [0.3, 0.4) is 0 Å². The minimum Gasteiger partial charge on any atom is -0.392 e. The van der Waals surface area contributed by atoms with Gasteiger partial charge < -0.3 is 20.3 Å². The van der Waals surface area contributed by atoms with E-state index in [-0.39, 0.29) is 0 Å². The van der Waals surface area contributed by atoms with Gasteiger partial charge in [-0.15, -0.1) is 0 Å². The Morgan fingerprint density at radius 2 is 2.17 bits per heavy atom. The smallest absolute Gasteiger partial charge is 0.226 e. The molecule has 0 aliphatic heterocycles. The molecule has 0 aliphatic carbocycles. The molecule has 0 aliphatic rings. The van der Waals surface area contributed by atoms with Crippen molar-refractivity contribution in [1.29, 1.82) is 0 Å². The quantitative estimate of drug-likeness (QED) is 0.636. The summed E-state index contributed by atoms with van der Waals surface area (Å²) >= 11 is 6.04. The number of hydrogen-bond donors (Lipinski definition) is 3. The lowest BCUT2D eigenvalue weighted by atomic mass is 10.3. The summed E-state index contributed by atoms with van der Waals surface area (Å²) in [4.78, 5) is 13.4. The number of nitrogens with one attached hydrogen (secondary N) is 2. The summed E-state index contributed by atoms with van der Waals surface area (Å²) in [6.07, 6.45) is 1.24. The van der Waals surface area contributed by atoms with Crippen molar-refractivity contribution in [1.82, 2.24) is 19.5 Å². The number of aromatic nitrogens is 4. The van der Waals surface area contributed by atoms with Crippen molar-refractivity contribution >= 4 is 40.2 Å². The van der Waals surface area contributed by atoms with Crippen molar-refractivity contribution in [3.63, 3.8) is 0 Å². The average Bonchev–Trinajstić information content (AvgIpc) is 2.96. The normalized spacial score (nSPS) is 12.3. The minimum absolute atomic E-state index is 0.363. The highest BCUT2D eigenvalue weighted by Gasteiger charge is 2.13. The monoisotopic (exact) mass is 346 g/mol. The number of hydrogen-bond acceptors (Lipinski definition) is 6. The SMILES string of the molecule is CCn1cnc2c(Nc3cccc(Cl)c3)nc(NC[C@@H](C)O)nc21. The van der Waals surface area contributed by atoms with E-state index in [0.717, 1.165) is 17.9 Å². The molecule has 0 unspecified atom stereocenters. The second-order valence-electron chi connectivity index (χ2n) is 5.46. The zero-order valence-corrected chi connectivity index (χ0v) is 14.2. The second kappa shape index (κ2) is 7.02. The zero-order valence-electron chi connectivity index (χ0n) is 13.5. The minimum atomic E-state index is -0.496. The maximum absolute atomic E-state index is 9.46. The Kier molecular flexibility index (Phi) is 4.82. The highest BCUT2D eigenvalue weighted by Crippen LogP contribution is 2.25. The lowest BCUT2D eigenvalue weighted by molar-refractivity contribution is 0.208. The molecule has 0 amide bonds. The van der Waals surface area contributed by atoms with E-state index in [4.69, 9.17) is 11.6 Å². The molecule has 2 heterocycles. The van der Waals surface area contributed by atoms with E-state index in [1.165, 1.54) is 0 Å². The van der Waals surface area contributed by atoms with Crippen LogP contribution in [0.4, 0.5) is 17.5 Å². The van der Waals surface area contributed by atoms with Gasteiger partial charge in [0.2, 0.25) is 5.95 Å². The number of imidazole rings is 1. The number of fused-ring (bicyclic) bond motifs is 1. The fourth-order valence-corrected chi connectivity index (χ4v) is 2.47. The summed E-state index contributed by atoms with van der Waals surface area (Å²) in [7, 11) is 0. The first-order valence-corrected chi connectivity index (χ1v) is 8.12. The van der Waals surface area contributed by atoms with Gasteiger partial charge in [-0.1, -0.05) is 17.7 Å². The third-order valence-corrected chi connectivity index (χ3v) is 3.68. The van der Waals surface area contributed by atoms with Crippen LogP contribution in [0, 0.1) is 0 Å². The van der Waals surface area contributed by atoms with Gasteiger partial charge in [0.1, 0.15) is 0 Å². The molecule has 24 heavy (non-hydrogen) atoms. The molecule has 0 spiro atoms. The van der Waals surface area contributed by atoms with Gasteiger partial charge in [-0.05, 0) is 32.0 Å². The number of aliphatic hydroxyl groups excluding tert-OH is 1. The highest BCUT2D eigenvalue weighted by molar-refractivity contribution is 6.30. The van der Waals surface area contributed by atoms with Crippen molar-refractivity contribution < 1.29 is 5.11 Å².